The summed E-state index contributed by atoms with van der Waals surface area (Å²) in [5.74, 6) is 0.650. The molecule has 2 rings (SSSR count). The Morgan fingerprint density at radius 1 is 1.39 bits per heavy atom. The maximum Gasteiger partial charge on any atom is 0.316 e. The van der Waals surface area contributed by atoms with Crippen molar-refractivity contribution >= 4 is 0 Å². The molecular formula is C14H23N3O. The van der Waals surface area contributed by atoms with E-state index in [0.717, 1.165) is 17.7 Å². The lowest BCUT2D eigenvalue weighted by atomic mass is 9.85. The number of nitrogens with two attached hydrogens (primary N) is 1. The van der Waals surface area contributed by atoms with Gasteiger partial charge in [-0.1, -0.05) is 13.3 Å². The van der Waals surface area contributed by atoms with E-state index in [4.69, 9.17) is 10.5 Å². The monoisotopic (exact) mass is 249 g/mol. The molecule has 1 aliphatic rings. The van der Waals surface area contributed by atoms with E-state index in [-0.39, 0.29) is 6.10 Å². The van der Waals surface area contributed by atoms with Gasteiger partial charge in [-0.25, -0.2) is 9.97 Å². The highest BCUT2D eigenvalue weighted by Crippen LogP contribution is 2.29. The molecule has 0 aliphatic heterocycles. The summed E-state index contributed by atoms with van der Waals surface area (Å²) in [6.45, 7) is 4.66. The van der Waals surface area contributed by atoms with Crippen molar-refractivity contribution in [2.24, 2.45) is 11.7 Å². The third-order valence-electron chi connectivity index (χ3n) is 3.90. The van der Waals surface area contributed by atoms with Crippen molar-refractivity contribution in [2.45, 2.75) is 58.6 Å². The normalized spacial score (nSPS) is 23.9. The first-order valence-corrected chi connectivity index (χ1v) is 6.93. The van der Waals surface area contributed by atoms with E-state index in [9.17, 15) is 0 Å². The van der Waals surface area contributed by atoms with Crippen LogP contribution in [-0.2, 0) is 6.54 Å². The third-order valence-corrected chi connectivity index (χ3v) is 3.90. The average molecular weight is 249 g/mol. The van der Waals surface area contributed by atoms with Crippen LogP contribution in [0, 0.1) is 12.8 Å². The molecule has 0 aromatic carbocycles. The standard InChI is InChI=1S/C14H23N3O/c1-3-11-6-4-5-7-13(11)18-14-16-9-12(8-15)10(2)17-14/h9,11,13H,3-8,15H2,1-2H3. The Balaban J connectivity index is 2.05. The van der Waals surface area contributed by atoms with Gasteiger partial charge in [-0.3, -0.25) is 0 Å². The highest BCUT2D eigenvalue weighted by molar-refractivity contribution is 5.17. The zero-order valence-corrected chi connectivity index (χ0v) is 11.4. The zero-order chi connectivity index (χ0) is 13.0. The van der Waals surface area contributed by atoms with Gasteiger partial charge < -0.3 is 10.5 Å². The number of hydrogen-bond donors (Lipinski definition) is 1. The molecule has 2 unspecified atom stereocenters. The van der Waals surface area contributed by atoms with Gasteiger partial charge in [-0.2, -0.15) is 0 Å². The second kappa shape index (κ2) is 6.14. The predicted molar refractivity (Wildman–Crippen MR) is 71.3 cm³/mol. The lowest BCUT2D eigenvalue weighted by Crippen LogP contribution is -2.30. The van der Waals surface area contributed by atoms with Crippen molar-refractivity contribution < 1.29 is 4.74 Å². The Kier molecular flexibility index (Phi) is 4.53. The smallest absolute Gasteiger partial charge is 0.316 e. The van der Waals surface area contributed by atoms with Crippen molar-refractivity contribution in [1.82, 2.24) is 9.97 Å². The summed E-state index contributed by atoms with van der Waals surface area (Å²) < 4.78 is 5.98. The first-order valence-electron chi connectivity index (χ1n) is 6.93. The SMILES string of the molecule is CCC1CCCCC1Oc1ncc(CN)c(C)n1. The summed E-state index contributed by atoms with van der Waals surface area (Å²) in [5, 5.41) is 0. The molecule has 1 saturated carbocycles. The molecule has 2 N–H and O–H groups in total. The molecule has 2 atom stereocenters. The lowest BCUT2D eigenvalue weighted by Gasteiger charge is -2.30. The van der Waals surface area contributed by atoms with Crippen molar-refractivity contribution in [2.75, 3.05) is 0 Å². The highest BCUT2D eigenvalue weighted by atomic mass is 16.5. The minimum absolute atomic E-state index is 0.284. The van der Waals surface area contributed by atoms with Gasteiger partial charge in [0, 0.05) is 24.0 Å². The molecule has 0 bridgehead atoms. The summed E-state index contributed by atoms with van der Waals surface area (Å²) >= 11 is 0. The maximum absolute atomic E-state index is 5.98. The lowest BCUT2D eigenvalue weighted by molar-refractivity contribution is 0.0807. The molecule has 100 valence electrons. The largest absolute Gasteiger partial charge is 0.460 e. The molecule has 4 heteroatoms. The quantitative estimate of drug-likeness (QED) is 0.891. The fourth-order valence-corrected chi connectivity index (χ4v) is 2.66. The second-order valence-corrected chi connectivity index (χ2v) is 5.08. The maximum atomic E-state index is 5.98. The number of aryl methyl sites for hydroxylation is 1. The molecule has 4 nitrogen and oxygen atoms in total. The fourth-order valence-electron chi connectivity index (χ4n) is 2.66. The van der Waals surface area contributed by atoms with Crippen LogP contribution in [0.2, 0.25) is 0 Å². The predicted octanol–water partition coefficient (Wildman–Crippen LogP) is 2.59. The minimum atomic E-state index is 0.284. The van der Waals surface area contributed by atoms with Gasteiger partial charge in [-0.15, -0.1) is 0 Å². The molecule has 0 radical (unpaired) electrons. The Morgan fingerprint density at radius 3 is 2.83 bits per heavy atom. The van der Waals surface area contributed by atoms with Crippen LogP contribution in [0.3, 0.4) is 0 Å². The molecule has 0 spiro atoms. The van der Waals surface area contributed by atoms with Crippen LogP contribution in [0.4, 0.5) is 0 Å². The summed E-state index contributed by atoms with van der Waals surface area (Å²) in [6, 6.07) is 0.509. The Labute approximate surface area is 109 Å². The van der Waals surface area contributed by atoms with Crippen molar-refractivity contribution in [3.05, 3.63) is 17.5 Å². The van der Waals surface area contributed by atoms with Gasteiger partial charge in [0.15, 0.2) is 0 Å². The molecule has 18 heavy (non-hydrogen) atoms. The minimum Gasteiger partial charge on any atom is -0.460 e. The first-order chi connectivity index (χ1) is 8.74. The number of rotatable bonds is 4. The van der Waals surface area contributed by atoms with Gasteiger partial charge in [0.05, 0.1) is 0 Å². The van der Waals surface area contributed by atoms with Gasteiger partial charge in [0.25, 0.3) is 0 Å². The van der Waals surface area contributed by atoms with E-state index in [2.05, 4.69) is 16.9 Å². The Morgan fingerprint density at radius 2 is 2.17 bits per heavy atom. The van der Waals surface area contributed by atoms with Crippen LogP contribution >= 0.6 is 0 Å². The molecule has 1 fully saturated rings. The van der Waals surface area contributed by atoms with Crippen LogP contribution in [0.25, 0.3) is 0 Å². The van der Waals surface area contributed by atoms with E-state index >= 15 is 0 Å². The molecule has 1 aromatic rings. The van der Waals surface area contributed by atoms with Crippen LogP contribution < -0.4 is 10.5 Å². The molecule has 0 amide bonds. The van der Waals surface area contributed by atoms with Crippen LogP contribution in [0.15, 0.2) is 6.20 Å². The fraction of sp³-hybridized carbons (Fsp3) is 0.714. The van der Waals surface area contributed by atoms with E-state index in [0.29, 0.717) is 18.5 Å². The zero-order valence-electron chi connectivity index (χ0n) is 11.4. The summed E-state index contributed by atoms with van der Waals surface area (Å²) in [4.78, 5) is 8.65. The highest BCUT2D eigenvalue weighted by Gasteiger charge is 2.26. The average Bonchev–Trinajstić information content (AvgIpc) is 2.39. The van der Waals surface area contributed by atoms with E-state index < -0.39 is 0 Å². The van der Waals surface area contributed by atoms with Gasteiger partial charge >= 0.3 is 6.01 Å². The molecule has 1 aliphatic carbocycles. The van der Waals surface area contributed by atoms with Gasteiger partial charge in [0.1, 0.15) is 6.10 Å². The van der Waals surface area contributed by atoms with E-state index in [1.165, 1.54) is 25.7 Å². The Hall–Kier alpha value is -1.16. The number of nitrogens with zero attached hydrogens (tertiary/aromatic N) is 2. The van der Waals surface area contributed by atoms with Crippen molar-refractivity contribution in [1.29, 1.82) is 0 Å². The summed E-state index contributed by atoms with van der Waals surface area (Å²) in [6.07, 6.45) is 8.20. The van der Waals surface area contributed by atoms with Crippen molar-refractivity contribution in [3.63, 3.8) is 0 Å². The van der Waals surface area contributed by atoms with Crippen LogP contribution in [0.5, 0.6) is 6.01 Å². The Bertz CT molecular complexity index is 395. The second-order valence-electron chi connectivity index (χ2n) is 5.08. The number of hydrogen-bond acceptors (Lipinski definition) is 4. The van der Waals surface area contributed by atoms with Gasteiger partial charge in [0.2, 0.25) is 0 Å². The van der Waals surface area contributed by atoms with E-state index in [1.807, 2.05) is 6.92 Å². The van der Waals surface area contributed by atoms with E-state index in [1.54, 1.807) is 6.20 Å². The topological polar surface area (TPSA) is 61.0 Å². The van der Waals surface area contributed by atoms with Gasteiger partial charge in [-0.05, 0) is 38.5 Å². The number of ether oxygens (including phenoxy) is 1. The molecule has 0 saturated heterocycles. The van der Waals surface area contributed by atoms with Crippen molar-refractivity contribution in [3.8, 4) is 6.01 Å². The summed E-state index contributed by atoms with van der Waals surface area (Å²) in [7, 11) is 0. The summed E-state index contributed by atoms with van der Waals surface area (Å²) in [5.41, 5.74) is 7.51. The molecule has 1 heterocycles. The first kappa shape index (κ1) is 13.3. The molecule has 1 aromatic heterocycles. The molecular weight excluding hydrogens is 226 g/mol. The van der Waals surface area contributed by atoms with Crippen LogP contribution in [-0.4, -0.2) is 16.1 Å². The number of aromatic nitrogens is 2. The third kappa shape index (κ3) is 2.99. The van der Waals surface area contributed by atoms with Crippen LogP contribution in [0.1, 0.15) is 50.3 Å².